The number of aryl methyl sites for hydroxylation is 2. The predicted octanol–water partition coefficient (Wildman–Crippen LogP) is 5.95. The summed E-state index contributed by atoms with van der Waals surface area (Å²) in [5, 5.41) is 2.87. The summed E-state index contributed by atoms with van der Waals surface area (Å²) in [7, 11) is 1.66. The van der Waals surface area contributed by atoms with Gasteiger partial charge >= 0.3 is 6.09 Å². The number of hydrogen-bond donors (Lipinski definition) is 1. The van der Waals surface area contributed by atoms with Crippen LogP contribution in [0.3, 0.4) is 0 Å². The fourth-order valence-electron chi connectivity index (χ4n) is 3.49. The Balaban J connectivity index is 2.07. The van der Waals surface area contributed by atoms with E-state index in [1.54, 1.807) is 7.11 Å². The van der Waals surface area contributed by atoms with E-state index in [0.29, 0.717) is 0 Å². The van der Waals surface area contributed by atoms with E-state index in [1.165, 1.54) is 0 Å². The third-order valence-corrected chi connectivity index (χ3v) is 4.80. The van der Waals surface area contributed by atoms with Crippen molar-refractivity contribution in [2.75, 3.05) is 12.4 Å². The molecular weight excluding hydrogens is 354 g/mol. The van der Waals surface area contributed by atoms with Gasteiger partial charge < -0.3 is 14.2 Å². The molecule has 0 spiro atoms. The molecule has 1 heterocycles. The molecule has 0 aromatic heterocycles. The Morgan fingerprint density at radius 3 is 2.29 bits per heavy atom. The molecule has 2 aromatic rings. The molecule has 0 bridgehead atoms. The van der Waals surface area contributed by atoms with E-state index in [2.05, 4.69) is 17.4 Å². The zero-order chi connectivity index (χ0) is 20.9. The van der Waals surface area contributed by atoms with Crippen LogP contribution < -0.4 is 14.8 Å². The number of rotatable bonds is 2. The molecule has 1 amide bonds. The van der Waals surface area contributed by atoms with E-state index < -0.39 is 17.3 Å². The molecule has 28 heavy (non-hydrogen) atoms. The zero-order valence-corrected chi connectivity index (χ0v) is 17.9. The van der Waals surface area contributed by atoms with Gasteiger partial charge in [0.2, 0.25) is 0 Å². The molecule has 0 saturated carbocycles. The lowest BCUT2D eigenvalue weighted by Gasteiger charge is -2.36. The second-order valence-electron chi connectivity index (χ2n) is 8.77. The van der Waals surface area contributed by atoms with Crippen molar-refractivity contribution in [2.45, 2.75) is 59.7 Å². The summed E-state index contributed by atoms with van der Waals surface area (Å²) in [6.45, 7) is 13.6. The van der Waals surface area contributed by atoms with E-state index in [4.69, 9.17) is 14.2 Å². The van der Waals surface area contributed by atoms with Gasteiger partial charge in [0.1, 0.15) is 22.7 Å². The number of carbonyl (C=O) groups is 1. The molecule has 1 N–H and O–H groups in total. The Morgan fingerprint density at radius 1 is 1.04 bits per heavy atom. The summed E-state index contributed by atoms with van der Waals surface area (Å²) >= 11 is 0. The van der Waals surface area contributed by atoms with Crippen molar-refractivity contribution in [3.05, 3.63) is 41.0 Å². The zero-order valence-electron chi connectivity index (χ0n) is 17.9. The molecule has 5 heteroatoms. The van der Waals surface area contributed by atoms with Gasteiger partial charge in [0.25, 0.3) is 0 Å². The van der Waals surface area contributed by atoms with Crippen LogP contribution >= 0.6 is 0 Å². The molecule has 0 atom stereocenters. The number of benzene rings is 2. The quantitative estimate of drug-likeness (QED) is 0.696. The number of nitrogens with one attached hydrogen (secondary N) is 1. The van der Waals surface area contributed by atoms with E-state index in [1.807, 2.05) is 60.6 Å². The minimum Gasteiger partial charge on any atom is -0.496 e. The van der Waals surface area contributed by atoms with Crippen molar-refractivity contribution in [1.29, 1.82) is 0 Å². The Morgan fingerprint density at radius 2 is 1.68 bits per heavy atom. The van der Waals surface area contributed by atoms with Gasteiger partial charge in [-0.25, -0.2) is 4.79 Å². The first-order valence-electron chi connectivity index (χ1n) is 9.44. The molecule has 5 nitrogen and oxygen atoms in total. The van der Waals surface area contributed by atoms with Gasteiger partial charge in [-0.2, -0.15) is 0 Å². The van der Waals surface area contributed by atoms with Crippen LogP contribution in [0, 0.1) is 13.8 Å². The molecule has 1 aliphatic rings. The maximum absolute atomic E-state index is 12.2. The average molecular weight is 383 g/mol. The first kappa shape index (κ1) is 20.1. The Hall–Kier alpha value is -2.69. The van der Waals surface area contributed by atoms with Crippen LogP contribution in [-0.4, -0.2) is 18.8 Å². The highest BCUT2D eigenvalue weighted by Gasteiger charge is 2.34. The number of amides is 1. The summed E-state index contributed by atoms with van der Waals surface area (Å²) in [5.41, 5.74) is 4.76. The topological polar surface area (TPSA) is 56.8 Å². The molecule has 0 aliphatic carbocycles. The van der Waals surface area contributed by atoms with Crippen LogP contribution in [0.5, 0.6) is 11.5 Å². The van der Waals surface area contributed by atoms with Gasteiger partial charge in [0.15, 0.2) is 0 Å². The van der Waals surface area contributed by atoms with Gasteiger partial charge in [-0.05, 0) is 83.4 Å². The van der Waals surface area contributed by atoms with Crippen LogP contribution in [0.4, 0.5) is 10.5 Å². The number of anilines is 1. The van der Waals surface area contributed by atoms with Crippen molar-refractivity contribution in [2.24, 2.45) is 0 Å². The average Bonchev–Trinajstić information content (AvgIpc) is 2.54. The largest absolute Gasteiger partial charge is 0.496 e. The highest BCUT2D eigenvalue weighted by atomic mass is 16.6. The maximum Gasteiger partial charge on any atom is 0.412 e. The summed E-state index contributed by atoms with van der Waals surface area (Å²) in [5.74, 6) is 1.60. The molecule has 0 radical (unpaired) electrons. The second-order valence-corrected chi connectivity index (χ2v) is 8.77. The van der Waals surface area contributed by atoms with Gasteiger partial charge in [0, 0.05) is 22.9 Å². The van der Waals surface area contributed by atoms with Crippen LogP contribution in [0.2, 0.25) is 0 Å². The van der Waals surface area contributed by atoms with Crippen molar-refractivity contribution in [3.8, 4) is 22.6 Å². The molecule has 2 aromatic carbocycles. The van der Waals surface area contributed by atoms with Crippen LogP contribution in [0.25, 0.3) is 11.1 Å². The number of ether oxygens (including phenoxy) is 3. The second kappa shape index (κ2) is 6.73. The smallest absolute Gasteiger partial charge is 0.412 e. The third kappa shape index (κ3) is 3.79. The molecule has 0 fully saturated rings. The van der Waals surface area contributed by atoms with E-state index >= 15 is 0 Å². The van der Waals surface area contributed by atoms with Gasteiger partial charge in [-0.1, -0.05) is 0 Å². The van der Waals surface area contributed by atoms with Crippen LogP contribution in [0.15, 0.2) is 24.3 Å². The van der Waals surface area contributed by atoms with E-state index in [-0.39, 0.29) is 0 Å². The van der Waals surface area contributed by atoms with Crippen molar-refractivity contribution in [1.82, 2.24) is 0 Å². The Kier molecular flexibility index (Phi) is 4.82. The van der Waals surface area contributed by atoms with Gasteiger partial charge in [-0.3, -0.25) is 5.32 Å². The minimum atomic E-state index is -0.555. The van der Waals surface area contributed by atoms with Gasteiger partial charge in [-0.15, -0.1) is 0 Å². The van der Waals surface area contributed by atoms with Crippen LogP contribution in [0.1, 0.15) is 51.3 Å². The van der Waals surface area contributed by atoms with Crippen molar-refractivity contribution in [3.63, 3.8) is 0 Å². The van der Waals surface area contributed by atoms with Crippen molar-refractivity contribution >= 4 is 11.8 Å². The normalized spacial score (nSPS) is 14.4. The number of carbonyl (C=O) groups excluding carboxylic acids is 1. The third-order valence-electron chi connectivity index (χ3n) is 4.80. The number of fused-ring (bicyclic) bond motifs is 3. The molecule has 0 saturated heterocycles. The highest BCUT2D eigenvalue weighted by molar-refractivity contribution is 5.88. The Bertz CT molecular complexity index is 939. The molecular formula is C23H29NO4. The summed E-state index contributed by atoms with van der Waals surface area (Å²) < 4.78 is 17.1. The lowest BCUT2D eigenvalue weighted by Crippen LogP contribution is -2.30. The molecule has 3 rings (SSSR count). The maximum atomic E-state index is 12.2. The molecule has 1 aliphatic heterocycles. The summed E-state index contributed by atoms with van der Waals surface area (Å²) in [4.78, 5) is 12.2. The minimum absolute atomic E-state index is 0.467. The van der Waals surface area contributed by atoms with Crippen molar-refractivity contribution < 1.29 is 19.0 Å². The SMILES string of the molecule is COc1cc2c(cc1C)-c1cc(C)c(NC(=O)OC(C)(C)C)cc1C(C)(C)O2. The van der Waals surface area contributed by atoms with Crippen LogP contribution in [-0.2, 0) is 10.3 Å². The lowest BCUT2D eigenvalue weighted by atomic mass is 9.84. The fourth-order valence-corrected chi connectivity index (χ4v) is 3.49. The first-order chi connectivity index (χ1) is 12.9. The van der Waals surface area contributed by atoms with E-state index in [0.717, 1.165) is 45.0 Å². The fraction of sp³-hybridized carbons (Fsp3) is 0.435. The first-order valence-corrected chi connectivity index (χ1v) is 9.44. The molecule has 150 valence electrons. The monoisotopic (exact) mass is 383 g/mol. The van der Waals surface area contributed by atoms with E-state index in [9.17, 15) is 4.79 Å². The standard InChI is InChI=1S/C23H29NO4/c1-13-9-15-16-10-14(2)19(26-8)12-20(16)27-23(6,7)17(15)11-18(13)24-21(25)28-22(3,4)5/h9-12H,1-8H3,(H,24,25). The number of hydrogen-bond acceptors (Lipinski definition) is 4. The highest BCUT2D eigenvalue weighted by Crippen LogP contribution is 2.48. The number of methoxy groups -OCH3 is 1. The predicted molar refractivity (Wildman–Crippen MR) is 111 cm³/mol. The van der Waals surface area contributed by atoms with Gasteiger partial charge in [0.05, 0.1) is 7.11 Å². The summed E-state index contributed by atoms with van der Waals surface area (Å²) in [6.07, 6.45) is -0.467. The Labute approximate surface area is 167 Å². The molecule has 0 unspecified atom stereocenters. The lowest BCUT2D eigenvalue weighted by molar-refractivity contribution is 0.0635. The summed E-state index contributed by atoms with van der Waals surface area (Å²) in [6, 6.07) is 8.11.